The van der Waals surface area contributed by atoms with Crippen LogP contribution >= 0.6 is 0 Å². The normalized spacial score (nSPS) is 18.1. The summed E-state index contributed by atoms with van der Waals surface area (Å²) >= 11 is 0. The zero-order valence-corrected chi connectivity index (χ0v) is 11.1. The van der Waals surface area contributed by atoms with Crippen molar-refractivity contribution in [3.63, 3.8) is 0 Å². The van der Waals surface area contributed by atoms with Crippen molar-refractivity contribution in [2.24, 2.45) is 4.99 Å². The van der Waals surface area contributed by atoms with E-state index in [1.165, 1.54) is 0 Å². The fourth-order valence-corrected chi connectivity index (χ4v) is 1.89. The summed E-state index contributed by atoms with van der Waals surface area (Å²) in [4.78, 5) is 14.0. The number of halogens is 3. The topological polar surface area (TPSA) is 79.6 Å². The van der Waals surface area contributed by atoms with Crippen molar-refractivity contribution in [3.05, 3.63) is 39.4 Å². The predicted octanol–water partition coefficient (Wildman–Crippen LogP) is 2.05. The van der Waals surface area contributed by atoms with E-state index in [4.69, 9.17) is 0 Å². The molecule has 9 heteroatoms. The summed E-state index contributed by atoms with van der Waals surface area (Å²) in [5.74, 6) is 0.475. The number of non-ortho nitro benzene ring substituents is 1. The number of nitro benzene ring substituents is 1. The molecule has 2 N–H and O–H groups in total. The largest absolute Gasteiger partial charge is 0.416 e. The highest BCUT2D eigenvalue weighted by molar-refractivity contribution is 5.81. The number of aliphatic imine (C=N–C) groups is 1. The highest BCUT2D eigenvalue weighted by Gasteiger charge is 2.32. The van der Waals surface area contributed by atoms with Gasteiger partial charge in [0, 0.05) is 24.7 Å². The highest BCUT2D eigenvalue weighted by atomic mass is 19.4. The molecule has 1 aromatic carbocycles. The van der Waals surface area contributed by atoms with Crippen LogP contribution in [0.2, 0.25) is 0 Å². The Labute approximate surface area is 118 Å². The number of alkyl halides is 3. The van der Waals surface area contributed by atoms with Gasteiger partial charge in [-0.1, -0.05) is 0 Å². The van der Waals surface area contributed by atoms with Crippen LogP contribution in [0.4, 0.5) is 18.9 Å². The lowest BCUT2D eigenvalue weighted by Gasteiger charge is -2.11. The molecule has 1 aliphatic heterocycles. The Morgan fingerprint density at radius 1 is 1.48 bits per heavy atom. The first-order valence-corrected chi connectivity index (χ1v) is 6.16. The Kier molecular flexibility index (Phi) is 4.01. The van der Waals surface area contributed by atoms with Gasteiger partial charge < -0.3 is 10.6 Å². The number of nitrogens with one attached hydrogen (secondary N) is 2. The maximum Gasteiger partial charge on any atom is 0.416 e. The first-order chi connectivity index (χ1) is 9.75. The van der Waals surface area contributed by atoms with Gasteiger partial charge in [0.25, 0.3) is 5.69 Å². The minimum atomic E-state index is -4.63. The fourth-order valence-electron chi connectivity index (χ4n) is 1.89. The van der Waals surface area contributed by atoms with Gasteiger partial charge in [-0.05, 0) is 18.6 Å². The molecule has 1 heterocycles. The van der Waals surface area contributed by atoms with Crippen LogP contribution in [0, 0.1) is 10.1 Å². The van der Waals surface area contributed by atoms with E-state index in [-0.39, 0.29) is 18.2 Å². The molecule has 2 rings (SSSR count). The van der Waals surface area contributed by atoms with Crippen LogP contribution in [0.3, 0.4) is 0 Å². The summed E-state index contributed by atoms with van der Waals surface area (Å²) in [6.45, 7) is 2.50. The van der Waals surface area contributed by atoms with E-state index in [0.717, 1.165) is 12.1 Å². The Hall–Kier alpha value is -2.32. The van der Waals surface area contributed by atoms with E-state index in [2.05, 4.69) is 15.6 Å². The van der Waals surface area contributed by atoms with Crippen LogP contribution in [-0.2, 0) is 12.7 Å². The maximum atomic E-state index is 12.7. The van der Waals surface area contributed by atoms with Crippen molar-refractivity contribution >= 4 is 11.6 Å². The van der Waals surface area contributed by atoms with Gasteiger partial charge in [-0.2, -0.15) is 13.2 Å². The minimum Gasteiger partial charge on any atom is -0.352 e. The number of nitro groups is 1. The Bertz CT molecular complexity index is 586. The molecule has 114 valence electrons. The smallest absolute Gasteiger partial charge is 0.352 e. The molecule has 0 bridgehead atoms. The molecule has 1 atom stereocenters. The van der Waals surface area contributed by atoms with Crippen LogP contribution in [0.1, 0.15) is 18.1 Å². The lowest BCUT2D eigenvalue weighted by Crippen LogP contribution is -2.37. The van der Waals surface area contributed by atoms with Crippen molar-refractivity contribution in [2.75, 3.05) is 6.54 Å². The lowest BCUT2D eigenvalue weighted by molar-refractivity contribution is -0.385. The van der Waals surface area contributed by atoms with E-state index >= 15 is 0 Å². The van der Waals surface area contributed by atoms with Crippen LogP contribution in [-0.4, -0.2) is 23.5 Å². The second kappa shape index (κ2) is 5.58. The molecule has 0 aliphatic carbocycles. The highest BCUT2D eigenvalue weighted by Crippen LogP contribution is 2.32. The third-order valence-electron chi connectivity index (χ3n) is 2.88. The van der Waals surface area contributed by atoms with E-state index < -0.39 is 22.4 Å². The van der Waals surface area contributed by atoms with Gasteiger partial charge in [-0.15, -0.1) is 0 Å². The number of hydrogen-bond donors (Lipinski definition) is 2. The number of guanidine groups is 1. The van der Waals surface area contributed by atoms with Crippen molar-refractivity contribution in [2.45, 2.75) is 25.7 Å². The van der Waals surface area contributed by atoms with Gasteiger partial charge in [0.2, 0.25) is 0 Å². The zero-order chi connectivity index (χ0) is 15.6. The van der Waals surface area contributed by atoms with Gasteiger partial charge in [0.1, 0.15) is 0 Å². The SMILES string of the molecule is CC1CN=C(NCc2cc([N+](=O)[O-])cc(C(F)(F)F)c2)N1. The zero-order valence-electron chi connectivity index (χ0n) is 11.1. The first-order valence-electron chi connectivity index (χ1n) is 6.16. The van der Waals surface area contributed by atoms with Crippen LogP contribution in [0.25, 0.3) is 0 Å². The van der Waals surface area contributed by atoms with Crippen molar-refractivity contribution in [1.29, 1.82) is 0 Å². The van der Waals surface area contributed by atoms with Gasteiger partial charge in [-0.3, -0.25) is 15.1 Å². The van der Waals surface area contributed by atoms with E-state index in [9.17, 15) is 23.3 Å². The number of rotatable bonds is 3. The third-order valence-corrected chi connectivity index (χ3v) is 2.88. The standard InChI is InChI=1S/C12H13F3N4O2/c1-7-5-16-11(18-7)17-6-8-2-9(12(13,14)15)4-10(3-8)19(20)21/h2-4,7H,5-6H2,1H3,(H2,16,17,18). The predicted molar refractivity (Wildman–Crippen MR) is 69.8 cm³/mol. The maximum absolute atomic E-state index is 12.7. The van der Waals surface area contributed by atoms with Gasteiger partial charge in [0.15, 0.2) is 5.96 Å². The summed E-state index contributed by atoms with van der Waals surface area (Å²) in [5, 5.41) is 16.5. The molecule has 6 nitrogen and oxygen atoms in total. The Morgan fingerprint density at radius 2 is 2.19 bits per heavy atom. The molecular weight excluding hydrogens is 289 g/mol. The van der Waals surface area contributed by atoms with Crippen LogP contribution < -0.4 is 10.6 Å². The summed E-state index contributed by atoms with van der Waals surface area (Å²) in [6, 6.07) is 2.68. The second-order valence-corrected chi connectivity index (χ2v) is 4.73. The van der Waals surface area contributed by atoms with E-state index in [0.29, 0.717) is 18.6 Å². The van der Waals surface area contributed by atoms with Gasteiger partial charge in [-0.25, -0.2) is 0 Å². The van der Waals surface area contributed by atoms with E-state index in [1.54, 1.807) is 0 Å². The average Bonchev–Trinajstić information content (AvgIpc) is 2.81. The molecular formula is C12H13F3N4O2. The fraction of sp³-hybridized carbons (Fsp3) is 0.417. The van der Waals surface area contributed by atoms with Crippen LogP contribution in [0.15, 0.2) is 23.2 Å². The molecule has 0 amide bonds. The third kappa shape index (κ3) is 3.83. The number of benzene rings is 1. The first kappa shape index (κ1) is 15.1. The Balaban J connectivity index is 2.18. The number of nitrogens with zero attached hydrogens (tertiary/aromatic N) is 2. The molecule has 1 aromatic rings. The molecule has 0 saturated heterocycles. The molecule has 0 fully saturated rings. The molecule has 1 unspecified atom stereocenters. The van der Waals surface area contributed by atoms with Crippen LogP contribution in [0.5, 0.6) is 0 Å². The van der Waals surface area contributed by atoms with Gasteiger partial charge >= 0.3 is 6.18 Å². The van der Waals surface area contributed by atoms with Gasteiger partial charge in [0.05, 0.1) is 17.0 Å². The number of hydrogen-bond acceptors (Lipinski definition) is 5. The molecule has 21 heavy (non-hydrogen) atoms. The second-order valence-electron chi connectivity index (χ2n) is 4.73. The van der Waals surface area contributed by atoms with Crippen molar-refractivity contribution in [1.82, 2.24) is 10.6 Å². The molecule has 0 saturated carbocycles. The minimum absolute atomic E-state index is 0.0172. The van der Waals surface area contributed by atoms with E-state index in [1.807, 2.05) is 6.92 Å². The quantitative estimate of drug-likeness (QED) is 0.661. The van der Waals surface area contributed by atoms with Crippen molar-refractivity contribution < 1.29 is 18.1 Å². The summed E-state index contributed by atoms with van der Waals surface area (Å²) in [6.07, 6.45) is -4.63. The summed E-state index contributed by atoms with van der Waals surface area (Å²) < 4.78 is 38.2. The van der Waals surface area contributed by atoms with Crippen molar-refractivity contribution in [3.8, 4) is 0 Å². The molecule has 0 spiro atoms. The Morgan fingerprint density at radius 3 is 2.71 bits per heavy atom. The summed E-state index contributed by atoms with van der Waals surface area (Å²) in [7, 11) is 0. The average molecular weight is 302 g/mol. The summed E-state index contributed by atoms with van der Waals surface area (Å²) in [5.41, 5.74) is -1.46. The molecule has 0 aromatic heterocycles. The monoisotopic (exact) mass is 302 g/mol. The lowest BCUT2D eigenvalue weighted by atomic mass is 10.1. The molecule has 1 aliphatic rings. The molecule has 0 radical (unpaired) electrons.